The molecule has 0 heterocycles. The first kappa shape index (κ1) is 12.2. The van der Waals surface area contributed by atoms with Gasteiger partial charge in [0.05, 0.1) is 0 Å². The van der Waals surface area contributed by atoms with Gasteiger partial charge in [-0.15, -0.1) is 0 Å². The predicted octanol–water partition coefficient (Wildman–Crippen LogP) is 2.17. The molecule has 3 saturated carbocycles. The zero-order valence-corrected chi connectivity index (χ0v) is 11.7. The molecule has 0 aromatic carbocycles. The third kappa shape index (κ3) is 2.33. The van der Waals surface area contributed by atoms with Gasteiger partial charge >= 0.3 is 0 Å². The summed E-state index contributed by atoms with van der Waals surface area (Å²) in [5, 5.41) is 3.75. The first-order valence-electron chi connectivity index (χ1n) is 7.29. The molecule has 0 radical (unpaired) electrons. The van der Waals surface area contributed by atoms with Gasteiger partial charge in [0.1, 0.15) is 0 Å². The largest absolute Gasteiger partial charge is 0.314 e. The van der Waals surface area contributed by atoms with E-state index in [0.29, 0.717) is 0 Å². The molecule has 17 heavy (non-hydrogen) atoms. The highest BCUT2D eigenvalue weighted by molar-refractivity contribution is 7.84. The summed E-state index contributed by atoms with van der Waals surface area (Å²) >= 11 is 0. The Labute approximate surface area is 107 Å². The van der Waals surface area contributed by atoms with Gasteiger partial charge in [-0.25, -0.2) is 0 Å². The van der Waals surface area contributed by atoms with Crippen LogP contribution in [-0.4, -0.2) is 28.8 Å². The second kappa shape index (κ2) is 5.00. The summed E-state index contributed by atoms with van der Waals surface area (Å²) < 4.78 is 11.0. The minimum Gasteiger partial charge on any atom is -0.314 e. The van der Waals surface area contributed by atoms with E-state index >= 15 is 0 Å². The van der Waals surface area contributed by atoms with E-state index in [0.717, 1.165) is 48.4 Å². The molecule has 3 aliphatic carbocycles. The van der Waals surface area contributed by atoms with Crippen LogP contribution in [0.4, 0.5) is 0 Å². The van der Waals surface area contributed by atoms with Crippen molar-refractivity contribution >= 4 is 10.8 Å². The quantitative estimate of drug-likeness (QED) is 0.763. The van der Waals surface area contributed by atoms with Gasteiger partial charge in [0.2, 0.25) is 0 Å². The highest BCUT2D eigenvalue weighted by Crippen LogP contribution is 2.58. The van der Waals surface area contributed by atoms with Crippen LogP contribution < -0.4 is 5.32 Å². The minimum absolute atomic E-state index is 0.615. The van der Waals surface area contributed by atoms with Gasteiger partial charge in [-0.3, -0.25) is 4.21 Å². The average molecular weight is 255 g/mol. The molecular formula is C14H25NOS. The maximum absolute atomic E-state index is 11.0. The summed E-state index contributed by atoms with van der Waals surface area (Å²) in [6.45, 7) is 1.07. The zero-order valence-electron chi connectivity index (χ0n) is 10.9. The summed E-state index contributed by atoms with van der Waals surface area (Å²) in [4.78, 5) is 0. The highest BCUT2D eigenvalue weighted by atomic mass is 32.2. The summed E-state index contributed by atoms with van der Waals surface area (Å²) in [5.41, 5.74) is 0. The maximum atomic E-state index is 11.0. The molecule has 98 valence electrons. The van der Waals surface area contributed by atoms with Gasteiger partial charge in [-0.2, -0.15) is 0 Å². The second-order valence-corrected chi connectivity index (χ2v) is 7.90. The number of hydrogen-bond donors (Lipinski definition) is 1. The Kier molecular flexibility index (Phi) is 3.58. The molecule has 0 unspecified atom stereocenters. The monoisotopic (exact) mass is 255 g/mol. The standard InChI is InChI=1S/C14H25NOS/c1-17(16)7-3-6-15-14-9-10-8-13(14)12-5-2-4-11(10)12/h10-15H,2-9H2,1H3/t10-,11-,12+,13+,14-,17+/m0/s1. The molecule has 3 rings (SSSR count). The number of nitrogens with one attached hydrogen (secondary N) is 1. The summed E-state index contributed by atoms with van der Waals surface area (Å²) in [6.07, 6.45) is 10.3. The van der Waals surface area contributed by atoms with Gasteiger partial charge in [0.15, 0.2) is 0 Å². The molecule has 3 aliphatic rings. The molecule has 2 bridgehead atoms. The normalized spacial score (nSPS) is 45.1. The number of hydrogen-bond acceptors (Lipinski definition) is 2. The highest BCUT2D eigenvalue weighted by Gasteiger charge is 2.53. The summed E-state index contributed by atoms with van der Waals surface area (Å²) in [5.74, 6) is 5.05. The van der Waals surface area contributed by atoms with Crippen LogP contribution in [0.1, 0.15) is 38.5 Å². The molecule has 2 nitrogen and oxygen atoms in total. The van der Waals surface area contributed by atoms with Crippen LogP contribution in [0.2, 0.25) is 0 Å². The Morgan fingerprint density at radius 2 is 2.00 bits per heavy atom. The predicted molar refractivity (Wildman–Crippen MR) is 72.4 cm³/mol. The zero-order chi connectivity index (χ0) is 11.8. The van der Waals surface area contributed by atoms with E-state index in [-0.39, 0.29) is 0 Å². The van der Waals surface area contributed by atoms with E-state index in [9.17, 15) is 4.21 Å². The van der Waals surface area contributed by atoms with Crippen molar-refractivity contribution in [1.82, 2.24) is 5.32 Å². The van der Waals surface area contributed by atoms with E-state index in [1.165, 1.54) is 32.1 Å². The van der Waals surface area contributed by atoms with E-state index in [1.807, 2.05) is 0 Å². The third-order valence-corrected chi connectivity index (χ3v) is 6.31. The van der Waals surface area contributed by atoms with E-state index in [1.54, 1.807) is 6.26 Å². The van der Waals surface area contributed by atoms with Crippen molar-refractivity contribution in [3.05, 3.63) is 0 Å². The van der Waals surface area contributed by atoms with Gasteiger partial charge in [-0.1, -0.05) is 6.42 Å². The molecular weight excluding hydrogens is 230 g/mol. The first-order valence-corrected chi connectivity index (χ1v) is 9.02. The number of rotatable bonds is 5. The van der Waals surface area contributed by atoms with Crippen LogP contribution in [0, 0.1) is 23.7 Å². The van der Waals surface area contributed by atoms with E-state index in [2.05, 4.69) is 5.32 Å². The molecule has 3 fully saturated rings. The fourth-order valence-electron chi connectivity index (χ4n) is 4.87. The number of fused-ring (bicyclic) bond motifs is 5. The van der Waals surface area contributed by atoms with E-state index in [4.69, 9.17) is 0 Å². The lowest BCUT2D eigenvalue weighted by Gasteiger charge is -2.32. The lowest BCUT2D eigenvalue weighted by atomic mass is 9.79. The molecule has 3 heteroatoms. The van der Waals surface area contributed by atoms with Crippen molar-refractivity contribution in [3.8, 4) is 0 Å². The Morgan fingerprint density at radius 1 is 1.18 bits per heavy atom. The van der Waals surface area contributed by atoms with Crippen molar-refractivity contribution in [3.63, 3.8) is 0 Å². The van der Waals surface area contributed by atoms with Crippen LogP contribution in [0.5, 0.6) is 0 Å². The Hall–Kier alpha value is 0.110. The van der Waals surface area contributed by atoms with Crippen LogP contribution in [0.15, 0.2) is 0 Å². The van der Waals surface area contributed by atoms with Gasteiger partial charge in [0.25, 0.3) is 0 Å². The van der Waals surface area contributed by atoms with Crippen molar-refractivity contribution < 1.29 is 4.21 Å². The van der Waals surface area contributed by atoms with Crippen LogP contribution in [-0.2, 0) is 10.8 Å². The fourth-order valence-corrected chi connectivity index (χ4v) is 5.42. The smallest absolute Gasteiger partial charge is 0.0244 e. The summed E-state index contributed by atoms with van der Waals surface area (Å²) in [7, 11) is -0.615. The van der Waals surface area contributed by atoms with Crippen molar-refractivity contribution in [2.75, 3.05) is 18.6 Å². The summed E-state index contributed by atoms with van der Waals surface area (Å²) in [6, 6.07) is 0.796. The lowest BCUT2D eigenvalue weighted by molar-refractivity contribution is 0.209. The molecule has 1 N–H and O–H groups in total. The van der Waals surface area contributed by atoms with Gasteiger partial charge < -0.3 is 5.32 Å². The van der Waals surface area contributed by atoms with E-state index < -0.39 is 10.8 Å². The third-order valence-electron chi connectivity index (χ3n) is 5.44. The van der Waals surface area contributed by atoms with Crippen molar-refractivity contribution in [2.24, 2.45) is 23.7 Å². The van der Waals surface area contributed by atoms with Crippen molar-refractivity contribution in [1.29, 1.82) is 0 Å². The molecule has 6 atom stereocenters. The Balaban J connectivity index is 1.46. The lowest BCUT2D eigenvalue weighted by Crippen LogP contribution is -2.39. The molecule has 0 saturated heterocycles. The van der Waals surface area contributed by atoms with Crippen LogP contribution >= 0.6 is 0 Å². The van der Waals surface area contributed by atoms with Gasteiger partial charge in [0, 0.05) is 28.9 Å². The Morgan fingerprint density at radius 3 is 2.82 bits per heavy atom. The first-order chi connectivity index (χ1) is 8.25. The molecule has 0 aromatic heterocycles. The van der Waals surface area contributed by atoms with Gasteiger partial charge in [-0.05, 0) is 62.3 Å². The van der Waals surface area contributed by atoms with Crippen LogP contribution in [0.3, 0.4) is 0 Å². The molecule has 0 aromatic rings. The second-order valence-electron chi connectivity index (χ2n) is 6.35. The van der Waals surface area contributed by atoms with Crippen LogP contribution in [0.25, 0.3) is 0 Å². The van der Waals surface area contributed by atoms with Crippen molar-refractivity contribution in [2.45, 2.75) is 44.6 Å². The Bertz CT molecular complexity index is 307. The minimum atomic E-state index is -0.615. The molecule has 0 aliphatic heterocycles. The maximum Gasteiger partial charge on any atom is 0.0244 e. The SMILES string of the molecule is C[S@@](=O)CCCN[C@H]1C[C@@H]2C[C@@H]1[C@@H]1CCC[C@@H]21. The molecule has 0 amide bonds. The fraction of sp³-hybridized carbons (Fsp3) is 1.00. The topological polar surface area (TPSA) is 29.1 Å². The molecule has 0 spiro atoms. The average Bonchev–Trinajstić information content (AvgIpc) is 2.95.